The molecule has 0 N–H and O–H groups in total. The highest BCUT2D eigenvalue weighted by Crippen LogP contribution is 2.29. The van der Waals surface area contributed by atoms with Crippen molar-refractivity contribution in [2.75, 3.05) is 11.4 Å². The van der Waals surface area contributed by atoms with E-state index in [4.69, 9.17) is 9.47 Å². The minimum absolute atomic E-state index is 0.175. The second kappa shape index (κ2) is 7.99. The molecule has 0 spiro atoms. The Morgan fingerprint density at radius 2 is 1.96 bits per heavy atom. The smallest absolute Gasteiger partial charge is 0.329 e. The first-order chi connectivity index (χ1) is 12.8. The molecule has 1 saturated heterocycles. The second-order valence-corrected chi connectivity index (χ2v) is 8.04. The summed E-state index contributed by atoms with van der Waals surface area (Å²) in [5, 5.41) is 0. The summed E-state index contributed by atoms with van der Waals surface area (Å²) in [4.78, 5) is 18.9. The van der Waals surface area contributed by atoms with Crippen molar-refractivity contribution in [1.29, 1.82) is 0 Å². The first kappa shape index (κ1) is 19.2. The molecular formula is C22H28N2O3. The van der Waals surface area contributed by atoms with E-state index in [0.717, 1.165) is 30.6 Å². The maximum Gasteiger partial charge on any atom is 0.329 e. The van der Waals surface area contributed by atoms with Gasteiger partial charge >= 0.3 is 5.97 Å². The molecule has 0 saturated carbocycles. The quantitative estimate of drug-likeness (QED) is 0.737. The Hall–Kier alpha value is -2.56. The number of benzene rings is 1. The van der Waals surface area contributed by atoms with Crippen LogP contribution in [0.4, 0.5) is 5.69 Å². The molecule has 0 bridgehead atoms. The van der Waals surface area contributed by atoms with Gasteiger partial charge in [0.05, 0.1) is 18.1 Å². The summed E-state index contributed by atoms with van der Waals surface area (Å²) in [6, 6.07) is 9.95. The fourth-order valence-electron chi connectivity index (χ4n) is 3.18. The highest BCUT2D eigenvalue weighted by Gasteiger charge is 2.34. The number of carbonyl (C=O) groups is 1. The minimum atomic E-state index is -0.484. The van der Waals surface area contributed by atoms with Crippen LogP contribution in [0.3, 0.4) is 0 Å². The van der Waals surface area contributed by atoms with Crippen LogP contribution in [0.25, 0.3) is 0 Å². The number of aromatic nitrogens is 1. The molecule has 2 aromatic rings. The molecule has 5 heteroatoms. The highest BCUT2D eigenvalue weighted by molar-refractivity contribution is 5.81. The summed E-state index contributed by atoms with van der Waals surface area (Å²) in [6.07, 6.45) is 5.24. The monoisotopic (exact) mass is 368 g/mol. The third-order valence-electron chi connectivity index (χ3n) is 4.49. The predicted molar refractivity (Wildman–Crippen MR) is 106 cm³/mol. The average Bonchev–Trinajstić information content (AvgIpc) is 3.10. The number of hydrogen-bond donors (Lipinski definition) is 0. The van der Waals surface area contributed by atoms with Gasteiger partial charge in [0.15, 0.2) is 0 Å². The second-order valence-electron chi connectivity index (χ2n) is 8.04. The van der Waals surface area contributed by atoms with E-state index in [0.29, 0.717) is 12.4 Å². The van der Waals surface area contributed by atoms with Gasteiger partial charge in [-0.05, 0) is 46.1 Å². The number of aryl methyl sites for hydroxylation is 1. The molecular weight excluding hydrogens is 340 g/mol. The maximum absolute atomic E-state index is 12.6. The lowest BCUT2D eigenvalue weighted by Crippen LogP contribution is -2.40. The molecule has 5 nitrogen and oxygen atoms in total. The van der Waals surface area contributed by atoms with Crippen LogP contribution < -0.4 is 9.64 Å². The summed E-state index contributed by atoms with van der Waals surface area (Å²) < 4.78 is 11.5. The van der Waals surface area contributed by atoms with E-state index in [9.17, 15) is 4.79 Å². The maximum atomic E-state index is 12.6. The number of pyridine rings is 1. The predicted octanol–water partition coefficient (Wildman–Crippen LogP) is 4.28. The van der Waals surface area contributed by atoms with E-state index < -0.39 is 5.60 Å². The van der Waals surface area contributed by atoms with Crippen molar-refractivity contribution in [3.05, 3.63) is 53.9 Å². The van der Waals surface area contributed by atoms with Crippen molar-refractivity contribution in [3.8, 4) is 5.75 Å². The summed E-state index contributed by atoms with van der Waals surface area (Å²) >= 11 is 0. The number of anilines is 1. The first-order valence-electron chi connectivity index (χ1n) is 9.45. The molecule has 27 heavy (non-hydrogen) atoms. The Bertz CT molecular complexity index is 781. The lowest BCUT2D eigenvalue weighted by molar-refractivity contribution is -0.156. The van der Waals surface area contributed by atoms with Crippen LogP contribution in [0.1, 0.15) is 44.7 Å². The number of nitrogens with zero attached hydrogens (tertiary/aromatic N) is 2. The van der Waals surface area contributed by atoms with E-state index in [2.05, 4.69) is 41.1 Å². The normalized spacial score (nSPS) is 17.0. The average molecular weight is 368 g/mol. The van der Waals surface area contributed by atoms with Crippen LogP contribution in [0.2, 0.25) is 0 Å². The Labute approximate surface area is 161 Å². The molecule has 1 atom stereocenters. The summed E-state index contributed by atoms with van der Waals surface area (Å²) in [7, 11) is 0. The van der Waals surface area contributed by atoms with Crippen LogP contribution in [-0.2, 0) is 16.1 Å². The van der Waals surface area contributed by atoms with Gasteiger partial charge in [0.25, 0.3) is 0 Å². The van der Waals surface area contributed by atoms with Crippen molar-refractivity contribution in [2.24, 2.45) is 0 Å². The third kappa shape index (κ3) is 5.22. The van der Waals surface area contributed by atoms with Crippen LogP contribution in [0.15, 0.2) is 42.7 Å². The molecule has 1 fully saturated rings. The Morgan fingerprint density at radius 3 is 2.67 bits per heavy atom. The summed E-state index contributed by atoms with van der Waals surface area (Å²) in [6.45, 7) is 9.05. The zero-order chi connectivity index (χ0) is 19.4. The zero-order valence-electron chi connectivity index (χ0n) is 16.6. The van der Waals surface area contributed by atoms with Crippen LogP contribution >= 0.6 is 0 Å². The largest absolute Gasteiger partial charge is 0.487 e. The Balaban J connectivity index is 1.68. The lowest BCUT2D eigenvalue weighted by atomic mass is 10.1. The fourth-order valence-corrected chi connectivity index (χ4v) is 3.18. The molecule has 0 unspecified atom stereocenters. The first-order valence-corrected chi connectivity index (χ1v) is 9.45. The van der Waals surface area contributed by atoms with Gasteiger partial charge in [-0.1, -0.05) is 29.8 Å². The van der Waals surface area contributed by atoms with Gasteiger partial charge in [-0.25, -0.2) is 4.79 Å². The third-order valence-corrected chi connectivity index (χ3v) is 4.49. The van der Waals surface area contributed by atoms with Crippen molar-refractivity contribution >= 4 is 11.7 Å². The Kier molecular flexibility index (Phi) is 5.68. The van der Waals surface area contributed by atoms with E-state index in [1.165, 1.54) is 5.56 Å². The topological polar surface area (TPSA) is 51.7 Å². The number of esters is 1. The van der Waals surface area contributed by atoms with Gasteiger partial charge in [0.2, 0.25) is 0 Å². The van der Waals surface area contributed by atoms with Gasteiger partial charge in [0.1, 0.15) is 24.0 Å². The van der Waals surface area contributed by atoms with Gasteiger partial charge in [-0.15, -0.1) is 0 Å². The van der Waals surface area contributed by atoms with Crippen LogP contribution in [0.5, 0.6) is 5.75 Å². The standard InChI is InChI=1S/C22H28N2O3/c1-16-7-9-17(10-8-16)15-26-19-12-18(13-23-14-19)24-11-5-6-20(24)21(25)27-22(2,3)4/h7-10,12-14,20H,5-6,11,15H2,1-4H3/t20-/m1/s1. The molecule has 0 radical (unpaired) electrons. The molecule has 0 amide bonds. The molecule has 3 rings (SSSR count). The molecule has 1 aliphatic heterocycles. The SMILES string of the molecule is Cc1ccc(COc2cncc(N3CCC[C@@H]3C(=O)OC(C)(C)C)c2)cc1. The van der Waals surface area contributed by atoms with Gasteiger partial charge in [0, 0.05) is 12.6 Å². The van der Waals surface area contributed by atoms with Crippen molar-refractivity contribution < 1.29 is 14.3 Å². The molecule has 2 heterocycles. The molecule has 0 aliphatic carbocycles. The summed E-state index contributed by atoms with van der Waals surface area (Å²) in [5.41, 5.74) is 2.75. The van der Waals surface area contributed by atoms with Gasteiger partial charge in [-0.3, -0.25) is 4.98 Å². The molecule has 1 aromatic heterocycles. The van der Waals surface area contributed by atoms with E-state index in [1.807, 2.05) is 26.8 Å². The Morgan fingerprint density at radius 1 is 1.22 bits per heavy atom. The fraction of sp³-hybridized carbons (Fsp3) is 0.455. The summed E-state index contributed by atoms with van der Waals surface area (Å²) in [5.74, 6) is 0.522. The van der Waals surface area contributed by atoms with Crippen molar-refractivity contribution in [3.63, 3.8) is 0 Å². The van der Waals surface area contributed by atoms with Crippen LogP contribution in [-0.4, -0.2) is 29.1 Å². The number of hydrogen-bond acceptors (Lipinski definition) is 5. The number of ether oxygens (including phenoxy) is 2. The molecule has 144 valence electrons. The number of rotatable bonds is 5. The van der Waals surface area contributed by atoms with E-state index in [1.54, 1.807) is 12.4 Å². The molecule has 1 aromatic carbocycles. The van der Waals surface area contributed by atoms with Crippen molar-refractivity contribution in [2.45, 2.75) is 58.8 Å². The van der Waals surface area contributed by atoms with Gasteiger partial charge < -0.3 is 14.4 Å². The lowest BCUT2D eigenvalue weighted by Gasteiger charge is -2.28. The highest BCUT2D eigenvalue weighted by atomic mass is 16.6. The van der Waals surface area contributed by atoms with Gasteiger partial charge in [-0.2, -0.15) is 0 Å². The zero-order valence-corrected chi connectivity index (χ0v) is 16.6. The van der Waals surface area contributed by atoms with Crippen LogP contribution in [0, 0.1) is 6.92 Å². The minimum Gasteiger partial charge on any atom is -0.487 e. The van der Waals surface area contributed by atoms with Crippen molar-refractivity contribution in [1.82, 2.24) is 4.98 Å². The van der Waals surface area contributed by atoms with E-state index in [-0.39, 0.29) is 12.0 Å². The molecule has 1 aliphatic rings. The number of carbonyl (C=O) groups excluding carboxylic acids is 1. The van der Waals surface area contributed by atoms with E-state index >= 15 is 0 Å².